The molecule has 3 heterocycles. The zero-order valence-electron chi connectivity index (χ0n) is 16.6. The van der Waals surface area contributed by atoms with E-state index >= 15 is 0 Å². The van der Waals surface area contributed by atoms with Gasteiger partial charge in [-0.2, -0.15) is 0 Å². The third kappa shape index (κ3) is 4.62. The van der Waals surface area contributed by atoms with Crippen molar-refractivity contribution >= 4 is 11.2 Å². The SMILES string of the molecule is CC(C)Oc1cc(OCCN2CCCCC2)cc(-c2nc3ncccc3[nH]2)c1. The number of benzene rings is 1. The molecular formula is C22H28N4O2. The molecule has 6 heteroatoms. The van der Waals surface area contributed by atoms with Gasteiger partial charge in [0.15, 0.2) is 5.65 Å². The second-order valence-corrected chi connectivity index (χ2v) is 7.57. The van der Waals surface area contributed by atoms with Crippen LogP contribution in [0, 0.1) is 0 Å². The molecule has 1 aliphatic heterocycles. The van der Waals surface area contributed by atoms with Crippen LogP contribution in [-0.4, -0.2) is 52.2 Å². The Bertz CT molecular complexity index is 883. The van der Waals surface area contributed by atoms with Gasteiger partial charge in [-0.05, 0) is 64.0 Å². The van der Waals surface area contributed by atoms with E-state index in [1.807, 2.05) is 44.2 Å². The van der Waals surface area contributed by atoms with Gasteiger partial charge < -0.3 is 14.5 Å². The average molecular weight is 380 g/mol. The summed E-state index contributed by atoms with van der Waals surface area (Å²) in [5.74, 6) is 2.36. The molecule has 0 spiro atoms. The molecule has 1 aromatic carbocycles. The van der Waals surface area contributed by atoms with E-state index in [9.17, 15) is 0 Å². The largest absolute Gasteiger partial charge is 0.492 e. The summed E-state index contributed by atoms with van der Waals surface area (Å²) < 4.78 is 12.0. The highest BCUT2D eigenvalue weighted by molar-refractivity contribution is 5.76. The molecule has 1 saturated heterocycles. The first-order valence-electron chi connectivity index (χ1n) is 10.2. The van der Waals surface area contributed by atoms with Crippen LogP contribution in [0.1, 0.15) is 33.1 Å². The molecule has 2 aromatic heterocycles. The highest BCUT2D eigenvalue weighted by Crippen LogP contribution is 2.30. The van der Waals surface area contributed by atoms with Crippen molar-refractivity contribution < 1.29 is 9.47 Å². The lowest BCUT2D eigenvalue weighted by Crippen LogP contribution is -2.33. The molecule has 0 amide bonds. The van der Waals surface area contributed by atoms with E-state index in [0.29, 0.717) is 12.3 Å². The van der Waals surface area contributed by atoms with E-state index < -0.39 is 0 Å². The number of hydrogen-bond acceptors (Lipinski definition) is 5. The molecular weight excluding hydrogens is 352 g/mol. The fourth-order valence-electron chi connectivity index (χ4n) is 3.59. The minimum atomic E-state index is 0.0915. The Morgan fingerprint density at radius 1 is 1.11 bits per heavy atom. The summed E-state index contributed by atoms with van der Waals surface area (Å²) in [6.45, 7) is 8.03. The fraction of sp³-hybridized carbons (Fsp3) is 0.455. The Morgan fingerprint density at radius 2 is 1.93 bits per heavy atom. The van der Waals surface area contributed by atoms with Gasteiger partial charge >= 0.3 is 0 Å². The average Bonchev–Trinajstić information content (AvgIpc) is 3.12. The van der Waals surface area contributed by atoms with Crippen LogP contribution >= 0.6 is 0 Å². The second kappa shape index (κ2) is 8.61. The van der Waals surface area contributed by atoms with Crippen LogP contribution in [0.15, 0.2) is 36.5 Å². The number of pyridine rings is 1. The van der Waals surface area contributed by atoms with Crippen molar-refractivity contribution in [2.24, 2.45) is 0 Å². The lowest BCUT2D eigenvalue weighted by atomic mass is 10.1. The van der Waals surface area contributed by atoms with Gasteiger partial charge in [-0.15, -0.1) is 0 Å². The van der Waals surface area contributed by atoms with Gasteiger partial charge in [0.05, 0.1) is 11.6 Å². The molecule has 0 unspecified atom stereocenters. The van der Waals surface area contributed by atoms with Crippen molar-refractivity contribution in [3.8, 4) is 22.9 Å². The van der Waals surface area contributed by atoms with Gasteiger partial charge in [0.2, 0.25) is 0 Å². The van der Waals surface area contributed by atoms with Crippen molar-refractivity contribution in [3.63, 3.8) is 0 Å². The minimum absolute atomic E-state index is 0.0915. The Kier molecular flexibility index (Phi) is 5.76. The maximum absolute atomic E-state index is 6.09. The topological polar surface area (TPSA) is 63.3 Å². The maximum Gasteiger partial charge on any atom is 0.178 e. The van der Waals surface area contributed by atoms with E-state index in [0.717, 1.165) is 34.9 Å². The zero-order chi connectivity index (χ0) is 19.3. The predicted molar refractivity (Wildman–Crippen MR) is 111 cm³/mol. The summed E-state index contributed by atoms with van der Waals surface area (Å²) in [6, 6.07) is 9.85. The zero-order valence-corrected chi connectivity index (χ0v) is 16.6. The number of piperidine rings is 1. The van der Waals surface area contributed by atoms with Crippen molar-refractivity contribution in [2.75, 3.05) is 26.2 Å². The van der Waals surface area contributed by atoms with Crippen LogP contribution in [0.25, 0.3) is 22.6 Å². The second-order valence-electron chi connectivity index (χ2n) is 7.57. The number of H-pyrrole nitrogens is 1. The molecule has 0 bridgehead atoms. The summed E-state index contributed by atoms with van der Waals surface area (Å²) in [5, 5.41) is 0. The summed E-state index contributed by atoms with van der Waals surface area (Å²) >= 11 is 0. The molecule has 4 rings (SSSR count). The first kappa shape index (κ1) is 18.7. The Balaban J connectivity index is 1.54. The van der Waals surface area contributed by atoms with Crippen molar-refractivity contribution in [1.29, 1.82) is 0 Å². The molecule has 28 heavy (non-hydrogen) atoms. The number of hydrogen-bond donors (Lipinski definition) is 1. The number of rotatable bonds is 7. The van der Waals surface area contributed by atoms with Crippen molar-refractivity contribution in [2.45, 2.75) is 39.2 Å². The lowest BCUT2D eigenvalue weighted by molar-refractivity contribution is 0.182. The van der Waals surface area contributed by atoms with Gasteiger partial charge in [-0.3, -0.25) is 4.90 Å². The van der Waals surface area contributed by atoms with Gasteiger partial charge in [-0.25, -0.2) is 9.97 Å². The van der Waals surface area contributed by atoms with Crippen LogP contribution in [0.2, 0.25) is 0 Å². The van der Waals surface area contributed by atoms with Crippen LogP contribution in [0.3, 0.4) is 0 Å². The smallest absolute Gasteiger partial charge is 0.178 e. The highest BCUT2D eigenvalue weighted by Gasteiger charge is 2.13. The number of ether oxygens (including phenoxy) is 2. The Hall–Kier alpha value is -2.60. The molecule has 1 N–H and O–H groups in total. The van der Waals surface area contributed by atoms with Gasteiger partial charge in [0.25, 0.3) is 0 Å². The van der Waals surface area contributed by atoms with Crippen LogP contribution in [-0.2, 0) is 0 Å². The number of imidazole rings is 1. The molecule has 3 aromatic rings. The van der Waals surface area contributed by atoms with Crippen LogP contribution in [0.5, 0.6) is 11.5 Å². The number of nitrogens with one attached hydrogen (secondary N) is 1. The summed E-state index contributed by atoms with van der Waals surface area (Å²) in [6.07, 6.45) is 5.78. The number of aromatic amines is 1. The number of nitrogens with zero attached hydrogens (tertiary/aromatic N) is 3. The monoisotopic (exact) mass is 380 g/mol. The van der Waals surface area contributed by atoms with Crippen molar-refractivity contribution in [1.82, 2.24) is 19.9 Å². The van der Waals surface area contributed by atoms with Crippen molar-refractivity contribution in [3.05, 3.63) is 36.5 Å². The molecule has 1 fully saturated rings. The Labute approximate surface area is 165 Å². The number of likely N-dealkylation sites (tertiary alicyclic amines) is 1. The maximum atomic E-state index is 6.09. The first-order valence-corrected chi connectivity index (χ1v) is 10.2. The third-order valence-electron chi connectivity index (χ3n) is 4.91. The molecule has 0 aliphatic carbocycles. The fourth-order valence-corrected chi connectivity index (χ4v) is 3.59. The standard InChI is InChI=1S/C22H28N4O2/c1-16(2)28-19-14-17(21-24-20-7-6-8-23-22(20)25-21)13-18(15-19)27-12-11-26-9-4-3-5-10-26/h6-8,13-16H,3-5,9-12H2,1-2H3,(H,23,24,25). The van der Waals surface area contributed by atoms with Crippen LogP contribution < -0.4 is 9.47 Å². The number of aromatic nitrogens is 3. The minimum Gasteiger partial charge on any atom is -0.492 e. The third-order valence-corrected chi connectivity index (χ3v) is 4.91. The van der Waals surface area contributed by atoms with Gasteiger partial charge in [0, 0.05) is 24.4 Å². The summed E-state index contributed by atoms with van der Waals surface area (Å²) in [7, 11) is 0. The van der Waals surface area contributed by atoms with Crippen LogP contribution in [0.4, 0.5) is 0 Å². The molecule has 0 radical (unpaired) electrons. The van der Waals surface area contributed by atoms with E-state index in [-0.39, 0.29) is 6.10 Å². The number of fused-ring (bicyclic) bond motifs is 1. The van der Waals surface area contributed by atoms with E-state index in [1.165, 1.54) is 32.4 Å². The van der Waals surface area contributed by atoms with E-state index in [4.69, 9.17) is 9.47 Å². The Morgan fingerprint density at radius 3 is 2.71 bits per heavy atom. The van der Waals surface area contributed by atoms with Gasteiger partial charge in [0.1, 0.15) is 23.9 Å². The van der Waals surface area contributed by atoms with E-state index in [1.54, 1.807) is 6.20 Å². The molecule has 148 valence electrons. The highest BCUT2D eigenvalue weighted by atomic mass is 16.5. The first-order chi connectivity index (χ1) is 13.7. The van der Waals surface area contributed by atoms with Gasteiger partial charge in [-0.1, -0.05) is 6.42 Å². The molecule has 0 saturated carbocycles. The summed E-state index contributed by atoms with van der Waals surface area (Å²) in [5.41, 5.74) is 2.56. The molecule has 6 nitrogen and oxygen atoms in total. The summed E-state index contributed by atoms with van der Waals surface area (Å²) in [4.78, 5) is 14.7. The molecule has 0 atom stereocenters. The van der Waals surface area contributed by atoms with E-state index in [2.05, 4.69) is 19.9 Å². The lowest BCUT2D eigenvalue weighted by Gasteiger charge is -2.26. The normalized spacial score (nSPS) is 15.2. The quantitative estimate of drug-likeness (QED) is 0.663. The predicted octanol–water partition coefficient (Wildman–Crippen LogP) is 4.28. The molecule has 1 aliphatic rings.